The lowest BCUT2D eigenvalue weighted by Gasteiger charge is -2.13. The number of hydrogen-bond acceptors (Lipinski definition) is 5. The minimum Gasteiger partial charge on any atom is -0.451 e. The zero-order chi connectivity index (χ0) is 21.7. The molecule has 1 atom stereocenters. The maximum atomic E-state index is 12.4. The Morgan fingerprint density at radius 2 is 1.23 bits per heavy atom. The number of aryl methyl sites for hydroxylation is 1. The van der Waals surface area contributed by atoms with Gasteiger partial charge >= 0.3 is 11.9 Å². The molecule has 0 saturated carbocycles. The van der Waals surface area contributed by atoms with E-state index in [0.717, 1.165) is 16.7 Å². The van der Waals surface area contributed by atoms with Gasteiger partial charge in [-0.05, 0) is 49.2 Å². The molecule has 0 aromatic heterocycles. The van der Waals surface area contributed by atoms with Crippen molar-refractivity contribution in [2.24, 2.45) is 0 Å². The van der Waals surface area contributed by atoms with Crippen molar-refractivity contribution in [3.63, 3.8) is 0 Å². The van der Waals surface area contributed by atoms with Crippen molar-refractivity contribution in [2.45, 2.75) is 26.9 Å². The summed E-state index contributed by atoms with van der Waals surface area (Å²) < 4.78 is 10.4. The summed E-state index contributed by atoms with van der Waals surface area (Å²) >= 11 is 0. The number of ketones is 1. The second-order valence-electron chi connectivity index (χ2n) is 6.97. The smallest absolute Gasteiger partial charge is 0.338 e. The number of rotatable bonds is 6. The number of carbonyl (C=O) groups is 3. The van der Waals surface area contributed by atoms with Crippen LogP contribution in [0, 0.1) is 6.92 Å². The molecule has 0 spiro atoms. The summed E-state index contributed by atoms with van der Waals surface area (Å²) in [5.74, 6) is -0.702. The van der Waals surface area contributed by atoms with E-state index in [-0.39, 0.29) is 11.8 Å². The van der Waals surface area contributed by atoms with Crippen LogP contribution in [0.5, 0.6) is 5.75 Å². The Kier molecular flexibility index (Phi) is 6.42. The van der Waals surface area contributed by atoms with E-state index < -0.39 is 12.1 Å². The second kappa shape index (κ2) is 9.18. The van der Waals surface area contributed by atoms with E-state index in [2.05, 4.69) is 0 Å². The Labute approximate surface area is 175 Å². The van der Waals surface area contributed by atoms with Crippen LogP contribution in [0.3, 0.4) is 0 Å². The van der Waals surface area contributed by atoms with Gasteiger partial charge < -0.3 is 9.47 Å². The fourth-order valence-electron chi connectivity index (χ4n) is 2.91. The van der Waals surface area contributed by atoms with E-state index in [1.54, 1.807) is 55.5 Å². The zero-order valence-corrected chi connectivity index (χ0v) is 17.0. The predicted molar refractivity (Wildman–Crippen MR) is 114 cm³/mol. The van der Waals surface area contributed by atoms with Crippen molar-refractivity contribution < 1.29 is 23.9 Å². The molecule has 0 N–H and O–H groups in total. The lowest BCUT2D eigenvalue weighted by atomic mass is 10.0. The molecule has 0 heterocycles. The van der Waals surface area contributed by atoms with Crippen LogP contribution in [0.25, 0.3) is 11.1 Å². The molecule has 5 heteroatoms. The van der Waals surface area contributed by atoms with Gasteiger partial charge in [0.05, 0.1) is 5.56 Å². The van der Waals surface area contributed by atoms with Crippen molar-refractivity contribution in [2.75, 3.05) is 0 Å². The van der Waals surface area contributed by atoms with Gasteiger partial charge in [0.2, 0.25) is 5.78 Å². The van der Waals surface area contributed by atoms with E-state index in [9.17, 15) is 14.4 Å². The Morgan fingerprint density at radius 1 is 0.733 bits per heavy atom. The molecule has 0 aliphatic carbocycles. The summed E-state index contributed by atoms with van der Waals surface area (Å²) in [5.41, 5.74) is 3.73. The first-order valence-electron chi connectivity index (χ1n) is 9.54. The van der Waals surface area contributed by atoms with Crippen molar-refractivity contribution in [1.82, 2.24) is 0 Å². The fraction of sp³-hybridized carbons (Fsp3) is 0.160. The number of Topliss-reactive ketones (excluding diaryl/α,β-unsaturated/α-hetero) is 1. The fourth-order valence-corrected chi connectivity index (χ4v) is 2.91. The molecule has 5 nitrogen and oxygen atoms in total. The molecule has 0 saturated heterocycles. The molecular formula is C25H22O5. The molecule has 30 heavy (non-hydrogen) atoms. The number of carbonyl (C=O) groups excluding carboxylic acids is 3. The summed E-state index contributed by atoms with van der Waals surface area (Å²) in [5, 5.41) is 0. The minimum atomic E-state index is -0.881. The van der Waals surface area contributed by atoms with E-state index in [1.807, 2.05) is 31.2 Å². The number of esters is 2. The highest BCUT2D eigenvalue weighted by Gasteiger charge is 2.20. The first-order valence-corrected chi connectivity index (χ1v) is 9.54. The summed E-state index contributed by atoms with van der Waals surface area (Å²) in [4.78, 5) is 35.9. The highest BCUT2D eigenvalue weighted by Crippen LogP contribution is 2.23. The van der Waals surface area contributed by atoms with Gasteiger partial charge in [-0.3, -0.25) is 9.59 Å². The number of benzene rings is 3. The monoisotopic (exact) mass is 402 g/mol. The molecule has 0 bridgehead atoms. The van der Waals surface area contributed by atoms with Crippen LogP contribution in [0.1, 0.15) is 40.1 Å². The molecule has 0 aliphatic rings. The van der Waals surface area contributed by atoms with Crippen LogP contribution in [0.2, 0.25) is 0 Å². The van der Waals surface area contributed by atoms with Crippen molar-refractivity contribution >= 4 is 17.7 Å². The molecule has 0 fully saturated rings. The third-order valence-electron chi connectivity index (χ3n) is 4.56. The van der Waals surface area contributed by atoms with Gasteiger partial charge in [-0.2, -0.15) is 0 Å². The average molecular weight is 402 g/mol. The SMILES string of the molecule is CC(=O)Oc1ccc(-c2ccc(C(=O)O[C@H](C)C(=O)c3ccc(C)cc3)cc2)cc1. The van der Waals surface area contributed by atoms with E-state index >= 15 is 0 Å². The summed E-state index contributed by atoms with van der Waals surface area (Å²) in [6, 6.07) is 21.1. The Balaban J connectivity index is 1.65. The predicted octanol–water partition coefficient (Wildman–Crippen LogP) is 5.02. The highest BCUT2D eigenvalue weighted by molar-refractivity contribution is 6.01. The van der Waals surface area contributed by atoms with Crippen molar-refractivity contribution in [3.05, 3.63) is 89.5 Å². The molecular weight excluding hydrogens is 380 g/mol. The Hall–Kier alpha value is -3.73. The Bertz CT molecular complexity index is 1050. The molecule has 3 aromatic rings. The standard InChI is InChI=1S/C25H22O5/c1-16-4-6-21(7-5-16)24(27)17(2)29-25(28)22-10-8-19(9-11-22)20-12-14-23(15-13-20)30-18(3)26/h4-15,17H,1-3H3/t17-/m1/s1. The number of ether oxygens (including phenoxy) is 2. The Morgan fingerprint density at radius 3 is 1.77 bits per heavy atom. The lowest BCUT2D eigenvalue weighted by Crippen LogP contribution is -2.24. The van der Waals surface area contributed by atoms with Crippen LogP contribution in [0.15, 0.2) is 72.8 Å². The van der Waals surface area contributed by atoms with Gasteiger partial charge in [-0.15, -0.1) is 0 Å². The van der Waals surface area contributed by atoms with Gasteiger partial charge in [0, 0.05) is 12.5 Å². The quantitative estimate of drug-likeness (QED) is 0.329. The maximum absolute atomic E-state index is 12.4. The maximum Gasteiger partial charge on any atom is 0.338 e. The molecule has 0 aliphatic heterocycles. The third-order valence-corrected chi connectivity index (χ3v) is 4.56. The van der Waals surface area contributed by atoms with Gasteiger partial charge in [-0.1, -0.05) is 54.1 Å². The topological polar surface area (TPSA) is 69.7 Å². The van der Waals surface area contributed by atoms with E-state index in [0.29, 0.717) is 16.9 Å². The summed E-state index contributed by atoms with van der Waals surface area (Å²) in [6.07, 6.45) is -0.881. The normalized spacial score (nSPS) is 11.4. The third kappa shape index (κ3) is 5.20. The highest BCUT2D eigenvalue weighted by atomic mass is 16.5. The minimum absolute atomic E-state index is 0.243. The van der Waals surface area contributed by atoms with Gasteiger partial charge in [-0.25, -0.2) is 4.79 Å². The van der Waals surface area contributed by atoms with E-state index in [1.165, 1.54) is 6.92 Å². The van der Waals surface area contributed by atoms with Gasteiger partial charge in [0.25, 0.3) is 0 Å². The van der Waals surface area contributed by atoms with Crippen molar-refractivity contribution in [1.29, 1.82) is 0 Å². The van der Waals surface area contributed by atoms with Crippen LogP contribution >= 0.6 is 0 Å². The van der Waals surface area contributed by atoms with Crippen LogP contribution in [-0.2, 0) is 9.53 Å². The van der Waals surface area contributed by atoms with Crippen LogP contribution in [-0.4, -0.2) is 23.8 Å². The first kappa shape index (κ1) is 21.0. The lowest BCUT2D eigenvalue weighted by molar-refractivity contribution is -0.131. The average Bonchev–Trinajstić information content (AvgIpc) is 2.74. The second-order valence-corrected chi connectivity index (χ2v) is 6.97. The summed E-state index contributed by atoms with van der Waals surface area (Å²) in [7, 11) is 0. The molecule has 0 unspecified atom stereocenters. The van der Waals surface area contributed by atoms with E-state index in [4.69, 9.17) is 9.47 Å². The summed E-state index contributed by atoms with van der Waals surface area (Å²) in [6.45, 7) is 4.86. The van der Waals surface area contributed by atoms with Gasteiger partial charge in [0.1, 0.15) is 5.75 Å². The van der Waals surface area contributed by atoms with Crippen LogP contribution in [0.4, 0.5) is 0 Å². The molecule has 3 aromatic carbocycles. The van der Waals surface area contributed by atoms with Gasteiger partial charge in [0.15, 0.2) is 6.10 Å². The number of hydrogen-bond donors (Lipinski definition) is 0. The molecule has 152 valence electrons. The van der Waals surface area contributed by atoms with Crippen molar-refractivity contribution in [3.8, 4) is 16.9 Å². The zero-order valence-electron chi connectivity index (χ0n) is 17.0. The molecule has 3 rings (SSSR count). The van der Waals surface area contributed by atoms with Crippen LogP contribution < -0.4 is 4.74 Å². The molecule has 0 amide bonds. The first-order chi connectivity index (χ1) is 14.3. The largest absolute Gasteiger partial charge is 0.451 e. The molecule has 0 radical (unpaired) electrons.